The Kier molecular flexibility index (Phi) is 6.64. The van der Waals surface area contributed by atoms with Crippen molar-refractivity contribution in [2.24, 2.45) is 0 Å². The molecule has 0 aliphatic carbocycles. The van der Waals surface area contributed by atoms with Crippen LogP contribution in [0.3, 0.4) is 0 Å². The van der Waals surface area contributed by atoms with Crippen molar-refractivity contribution in [3.8, 4) is 23.6 Å². The summed E-state index contributed by atoms with van der Waals surface area (Å²) in [6, 6.07) is 18.2. The molecule has 32 heavy (non-hydrogen) atoms. The second kappa shape index (κ2) is 9.40. The summed E-state index contributed by atoms with van der Waals surface area (Å²) in [6.07, 6.45) is 0. The Morgan fingerprint density at radius 2 is 1.59 bits per heavy atom. The van der Waals surface area contributed by atoms with Gasteiger partial charge in [0.2, 0.25) is 5.91 Å². The predicted molar refractivity (Wildman–Crippen MR) is 119 cm³/mol. The standard InChI is InChI=1S/C22H15ClN4O4S/c1-14(28)26-17-2-6-20(7-3-17)32(29,30)27-18-4-9-22(16(10-18)13-25)31-19-5-8-21(23)15(11-19)12-24/h2-11,27H,1H3,(H,26,28). The number of carbonyl (C=O) groups is 1. The SMILES string of the molecule is CC(=O)Nc1ccc(S(=O)(=O)Nc2ccc(Oc3ccc(Cl)c(C#N)c3)c(C#N)c2)cc1. The van der Waals surface area contributed by atoms with Crippen LogP contribution in [0.25, 0.3) is 0 Å². The van der Waals surface area contributed by atoms with Crippen molar-refractivity contribution in [1.29, 1.82) is 10.5 Å². The van der Waals surface area contributed by atoms with E-state index in [1.165, 1.54) is 61.5 Å². The third-order valence-corrected chi connectivity index (χ3v) is 5.85. The molecule has 8 nitrogen and oxygen atoms in total. The normalized spacial score (nSPS) is 10.5. The van der Waals surface area contributed by atoms with Crippen molar-refractivity contribution in [2.45, 2.75) is 11.8 Å². The van der Waals surface area contributed by atoms with Gasteiger partial charge in [-0.2, -0.15) is 10.5 Å². The molecule has 0 spiro atoms. The van der Waals surface area contributed by atoms with Gasteiger partial charge in [0, 0.05) is 18.7 Å². The summed E-state index contributed by atoms with van der Waals surface area (Å²) in [6.45, 7) is 1.35. The lowest BCUT2D eigenvalue weighted by molar-refractivity contribution is -0.114. The number of nitriles is 2. The van der Waals surface area contributed by atoms with E-state index in [0.717, 1.165) is 0 Å². The Morgan fingerprint density at radius 1 is 0.938 bits per heavy atom. The van der Waals surface area contributed by atoms with Gasteiger partial charge in [-0.1, -0.05) is 11.6 Å². The molecule has 3 aromatic rings. The van der Waals surface area contributed by atoms with Crippen LogP contribution in [-0.4, -0.2) is 14.3 Å². The number of sulfonamides is 1. The molecular weight excluding hydrogens is 452 g/mol. The summed E-state index contributed by atoms with van der Waals surface area (Å²) in [5.74, 6) is 0.212. The fourth-order valence-corrected chi connectivity index (χ4v) is 3.89. The quantitative estimate of drug-likeness (QED) is 0.544. The van der Waals surface area contributed by atoms with E-state index in [2.05, 4.69) is 10.0 Å². The van der Waals surface area contributed by atoms with Crippen molar-refractivity contribution in [3.05, 3.63) is 76.8 Å². The number of nitrogens with zero attached hydrogens (tertiary/aromatic N) is 2. The molecule has 1 amide bonds. The number of rotatable bonds is 6. The monoisotopic (exact) mass is 466 g/mol. The lowest BCUT2D eigenvalue weighted by Crippen LogP contribution is -2.13. The highest BCUT2D eigenvalue weighted by molar-refractivity contribution is 7.92. The summed E-state index contributed by atoms with van der Waals surface area (Å²) >= 11 is 5.91. The molecular formula is C22H15ClN4O4S. The van der Waals surface area contributed by atoms with Crippen LogP contribution in [-0.2, 0) is 14.8 Å². The third kappa shape index (κ3) is 5.35. The van der Waals surface area contributed by atoms with Crippen LogP contribution >= 0.6 is 11.6 Å². The molecule has 0 saturated heterocycles. The Hall–Kier alpha value is -4.05. The van der Waals surface area contributed by atoms with E-state index in [0.29, 0.717) is 11.4 Å². The smallest absolute Gasteiger partial charge is 0.261 e. The molecule has 3 aromatic carbocycles. The van der Waals surface area contributed by atoms with Crippen LogP contribution in [0.4, 0.5) is 11.4 Å². The molecule has 160 valence electrons. The van der Waals surface area contributed by atoms with Crippen LogP contribution in [0.5, 0.6) is 11.5 Å². The topological polar surface area (TPSA) is 132 Å². The van der Waals surface area contributed by atoms with Crippen LogP contribution < -0.4 is 14.8 Å². The minimum atomic E-state index is -3.93. The number of carbonyl (C=O) groups excluding carboxylic acids is 1. The van der Waals surface area contributed by atoms with E-state index in [4.69, 9.17) is 21.6 Å². The first-order valence-corrected chi connectivity index (χ1v) is 10.9. The first-order chi connectivity index (χ1) is 15.2. The molecule has 0 aromatic heterocycles. The molecule has 3 rings (SSSR count). The summed E-state index contributed by atoms with van der Waals surface area (Å²) in [7, 11) is -3.93. The zero-order valence-electron chi connectivity index (χ0n) is 16.6. The summed E-state index contributed by atoms with van der Waals surface area (Å²) in [5.41, 5.74) is 0.927. The van der Waals surface area contributed by atoms with Gasteiger partial charge < -0.3 is 10.1 Å². The molecule has 0 saturated carbocycles. The number of hydrogen-bond donors (Lipinski definition) is 2. The van der Waals surface area contributed by atoms with Crippen molar-refractivity contribution >= 4 is 38.9 Å². The number of ether oxygens (including phenoxy) is 1. The van der Waals surface area contributed by atoms with Gasteiger partial charge in [-0.25, -0.2) is 8.42 Å². The van der Waals surface area contributed by atoms with Gasteiger partial charge in [0.25, 0.3) is 10.0 Å². The van der Waals surface area contributed by atoms with Gasteiger partial charge in [0.1, 0.15) is 23.6 Å². The fraction of sp³-hybridized carbons (Fsp3) is 0.0455. The summed E-state index contributed by atoms with van der Waals surface area (Å²) in [5, 5.41) is 21.4. The largest absolute Gasteiger partial charge is 0.456 e. The fourth-order valence-electron chi connectivity index (χ4n) is 2.69. The first kappa shape index (κ1) is 22.6. The van der Waals surface area contributed by atoms with Crippen molar-refractivity contribution in [2.75, 3.05) is 10.0 Å². The Balaban J connectivity index is 1.82. The van der Waals surface area contributed by atoms with Gasteiger partial charge in [0.15, 0.2) is 0 Å². The molecule has 0 bridgehead atoms. The minimum absolute atomic E-state index is 0.0179. The highest BCUT2D eigenvalue weighted by Gasteiger charge is 2.16. The average Bonchev–Trinajstić information content (AvgIpc) is 2.75. The van der Waals surface area contributed by atoms with Crippen LogP contribution in [0.15, 0.2) is 65.6 Å². The van der Waals surface area contributed by atoms with Crippen molar-refractivity contribution < 1.29 is 17.9 Å². The Bertz CT molecular complexity index is 1370. The van der Waals surface area contributed by atoms with Gasteiger partial charge in [0.05, 0.1) is 26.7 Å². The number of anilines is 2. The molecule has 0 unspecified atom stereocenters. The molecule has 0 atom stereocenters. The second-order valence-corrected chi connectivity index (χ2v) is 8.58. The number of hydrogen-bond acceptors (Lipinski definition) is 6. The van der Waals surface area contributed by atoms with Crippen molar-refractivity contribution in [1.82, 2.24) is 0 Å². The number of halogens is 1. The minimum Gasteiger partial charge on any atom is -0.456 e. The molecule has 0 aliphatic heterocycles. The molecule has 0 fully saturated rings. The molecule has 10 heteroatoms. The lowest BCUT2D eigenvalue weighted by Gasteiger charge is -2.12. The predicted octanol–water partition coefficient (Wildman–Crippen LogP) is 4.63. The molecule has 0 radical (unpaired) electrons. The highest BCUT2D eigenvalue weighted by Crippen LogP contribution is 2.30. The van der Waals surface area contributed by atoms with Crippen LogP contribution in [0.1, 0.15) is 18.1 Å². The maximum atomic E-state index is 12.7. The van der Waals surface area contributed by atoms with Crippen LogP contribution in [0, 0.1) is 22.7 Å². The maximum absolute atomic E-state index is 12.7. The first-order valence-electron chi connectivity index (χ1n) is 9.04. The van der Waals surface area contributed by atoms with E-state index in [1.54, 1.807) is 6.07 Å². The third-order valence-electron chi connectivity index (χ3n) is 4.12. The molecule has 0 heterocycles. The van der Waals surface area contributed by atoms with E-state index in [-0.39, 0.29) is 38.4 Å². The Labute approximate surface area is 189 Å². The van der Waals surface area contributed by atoms with Gasteiger partial charge in [-0.15, -0.1) is 0 Å². The van der Waals surface area contributed by atoms with Gasteiger partial charge >= 0.3 is 0 Å². The van der Waals surface area contributed by atoms with E-state index >= 15 is 0 Å². The zero-order valence-corrected chi connectivity index (χ0v) is 18.2. The second-order valence-electron chi connectivity index (χ2n) is 6.49. The lowest BCUT2D eigenvalue weighted by atomic mass is 10.2. The Morgan fingerprint density at radius 3 is 2.22 bits per heavy atom. The van der Waals surface area contributed by atoms with Gasteiger partial charge in [-0.3, -0.25) is 9.52 Å². The summed E-state index contributed by atoms with van der Waals surface area (Å²) < 4.78 is 33.4. The number of nitrogens with one attached hydrogen (secondary N) is 2. The average molecular weight is 467 g/mol. The van der Waals surface area contributed by atoms with E-state index in [1.807, 2.05) is 12.1 Å². The number of amides is 1. The highest BCUT2D eigenvalue weighted by atomic mass is 35.5. The van der Waals surface area contributed by atoms with Gasteiger partial charge in [-0.05, 0) is 54.6 Å². The van der Waals surface area contributed by atoms with E-state index in [9.17, 15) is 18.5 Å². The summed E-state index contributed by atoms with van der Waals surface area (Å²) in [4.78, 5) is 11.1. The molecule has 2 N–H and O–H groups in total. The maximum Gasteiger partial charge on any atom is 0.261 e. The molecule has 0 aliphatic rings. The zero-order chi connectivity index (χ0) is 23.3. The number of benzene rings is 3. The van der Waals surface area contributed by atoms with Crippen molar-refractivity contribution in [3.63, 3.8) is 0 Å². The van der Waals surface area contributed by atoms with Crippen LogP contribution in [0.2, 0.25) is 5.02 Å². The van der Waals surface area contributed by atoms with E-state index < -0.39 is 10.0 Å².